The highest BCUT2D eigenvalue weighted by atomic mass is 35.5. The molecule has 2 aromatic carbocycles. The second-order valence-corrected chi connectivity index (χ2v) is 7.44. The minimum atomic E-state index is -0.254. The van der Waals surface area contributed by atoms with Crippen LogP contribution in [0.5, 0.6) is 0 Å². The van der Waals surface area contributed by atoms with E-state index in [4.69, 9.17) is 11.6 Å². The fourth-order valence-electron chi connectivity index (χ4n) is 2.57. The van der Waals surface area contributed by atoms with Gasteiger partial charge >= 0.3 is 0 Å². The van der Waals surface area contributed by atoms with Crippen LogP contribution in [0.4, 0.5) is 5.69 Å². The number of hydrogen-bond acceptors (Lipinski definition) is 4. The summed E-state index contributed by atoms with van der Waals surface area (Å²) < 4.78 is 0. The van der Waals surface area contributed by atoms with Crippen LogP contribution >= 0.6 is 22.9 Å². The Balaban J connectivity index is 1.88. The predicted octanol–water partition coefficient (Wildman–Crippen LogP) is 4.69. The molecule has 1 heterocycles. The van der Waals surface area contributed by atoms with Crippen LogP contribution in [0.15, 0.2) is 42.5 Å². The predicted molar refractivity (Wildman–Crippen MR) is 110 cm³/mol. The molecule has 0 saturated heterocycles. The van der Waals surface area contributed by atoms with Crippen LogP contribution < -0.4 is 10.6 Å². The molecule has 138 valence electrons. The zero-order valence-electron chi connectivity index (χ0n) is 15.1. The molecule has 7 heteroatoms. The van der Waals surface area contributed by atoms with Gasteiger partial charge in [0.05, 0.1) is 5.69 Å². The molecule has 0 radical (unpaired) electrons. The van der Waals surface area contributed by atoms with Gasteiger partial charge in [0.15, 0.2) is 0 Å². The number of nitrogens with zero attached hydrogens (tertiary/aromatic N) is 1. The summed E-state index contributed by atoms with van der Waals surface area (Å²) >= 11 is 7.35. The molecule has 27 heavy (non-hydrogen) atoms. The Morgan fingerprint density at radius 3 is 2.56 bits per heavy atom. The molecular weight excluding hydrogens is 382 g/mol. The van der Waals surface area contributed by atoms with E-state index in [1.807, 2.05) is 25.1 Å². The molecule has 0 bridgehead atoms. The molecular formula is C20H18ClN3O2S. The smallest absolute Gasteiger partial charge is 0.267 e. The summed E-state index contributed by atoms with van der Waals surface area (Å²) in [6.07, 6.45) is 0. The molecule has 0 unspecified atom stereocenters. The second-order valence-electron chi connectivity index (χ2n) is 6.01. The van der Waals surface area contributed by atoms with Gasteiger partial charge in [0.25, 0.3) is 11.8 Å². The Morgan fingerprint density at radius 1 is 1.07 bits per heavy atom. The lowest BCUT2D eigenvalue weighted by Gasteiger charge is -2.09. The number of halogens is 1. The van der Waals surface area contributed by atoms with E-state index in [0.29, 0.717) is 26.8 Å². The van der Waals surface area contributed by atoms with Gasteiger partial charge < -0.3 is 10.6 Å². The Morgan fingerprint density at radius 2 is 1.85 bits per heavy atom. The number of carbonyl (C=O) groups excluding carboxylic acids is 2. The van der Waals surface area contributed by atoms with Crippen molar-refractivity contribution in [3.63, 3.8) is 0 Å². The summed E-state index contributed by atoms with van der Waals surface area (Å²) in [6.45, 7) is 3.67. The van der Waals surface area contributed by atoms with Gasteiger partial charge in [-0.2, -0.15) is 0 Å². The third-order valence-electron chi connectivity index (χ3n) is 4.05. The molecule has 0 spiro atoms. The second kappa shape index (κ2) is 7.90. The number of aromatic nitrogens is 1. The first-order valence-electron chi connectivity index (χ1n) is 8.26. The van der Waals surface area contributed by atoms with Crippen molar-refractivity contribution in [2.24, 2.45) is 0 Å². The van der Waals surface area contributed by atoms with E-state index in [2.05, 4.69) is 15.6 Å². The Hall–Kier alpha value is -2.70. The van der Waals surface area contributed by atoms with E-state index in [0.717, 1.165) is 16.1 Å². The zero-order chi connectivity index (χ0) is 19.6. The molecule has 5 nitrogen and oxygen atoms in total. The van der Waals surface area contributed by atoms with Gasteiger partial charge in [0, 0.05) is 28.9 Å². The van der Waals surface area contributed by atoms with Gasteiger partial charge in [-0.15, -0.1) is 11.3 Å². The highest BCUT2D eigenvalue weighted by Crippen LogP contribution is 2.30. The number of anilines is 1. The van der Waals surface area contributed by atoms with E-state index in [-0.39, 0.29) is 11.8 Å². The number of carbonyl (C=O) groups is 2. The van der Waals surface area contributed by atoms with Crippen LogP contribution in [0.25, 0.3) is 10.6 Å². The van der Waals surface area contributed by atoms with Crippen LogP contribution in [0, 0.1) is 13.8 Å². The fourth-order valence-corrected chi connectivity index (χ4v) is 3.72. The maximum Gasteiger partial charge on any atom is 0.267 e. The molecule has 0 fully saturated rings. The summed E-state index contributed by atoms with van der Waals surface area (Å²) in [5, 5.41) is 6.82. The van der Waals surface area contributed by atoms with E-state index in [1.165, 1.54) is 11.3 Å². The van der Waals surface area contributed by atoms with Gasteiger partial charge in [-0.3, -0.25) is 9.59 Å². The Labute approximate surface area is 166 Å². The van der Waals surface area contributed by atoms with Gasteiger partial charge in [0.1, 0.15) is 9.88 Å². The van der Waals surface area contributed by atoms with Crippen molar-refractivity contribution in [3.8, 4) is 10.6 Å². The van der Waals surface area contributed by atoms with Gasteiger partial charge in [-0.1, -0.05) is 29.8 Å². The van der Waals surface area contributed by atoms with Crippen LogP contribution in [0.3, 0.4) is 0 Å². The number of hydrogen-bond donors (Lipinski definition) is 2. The van der Waals surface area contributed by atoms with Crippen molar-refractivity contribution in [3.05, 3.63) is 69.2 Å². The molecule has 2 amide bonds. The lowest BCUT2D eigenvalue weighted by molar-refractivity contribution is 0.0961. The number of rotatable bonds is 4. The maximum absolute atomic E-state index is 12.8. The van der Waals surface area contributed by atoms with Gasteiger partial charge in [-0.25, -0.2) is 4.98 Å². The minimum absolute atomic E-state index is 0.206. The molecule has 0 atom stereocenters. The summed E-state index contributed by atoms with van der Waals surface area (Å²) in [6, 6.07) is 12.6. The van der Waals surface area contributed by atoms with E-state index in [9.17, 15) is 9.59 Å². The Bertz CT molecular complexity index is 1030. The third kappa shape index (κ3) is 4.18. The highest BCUT2D eigenvalue weighted by molar-refractivity contribution is 7.17. The van der Waals surface area contributed by atoms with Crippen molar-refractivity contribution in [1.82, 2.24) is 10.3 Å². The lowest BCUT2D eigenvalue weighted by atomic mass is 10.1. The number of benzene rings is 2. The minimum Gasteiger partial charge on any atom is -0.355 e. The fraction of sp³-hybridized carbons (Fsp3) is 0.150. The van der Waals surface area contributed by atoms with Crippen molar-refractivity contribution in [2.75, 3.05) is 12.4 Å². The monoisotopic (exact) mass is 399 g/mol. The molecule has 0 aliphatic rings. The molecule has 2 N–H and O–H groups in total. The van der Waals surface area contributed by atoms with Crippen LogP contribution in [0.2, 0.25) is 5.02 Å². The molecule has 0 saturated carbocycles. The Kier molecular flexibility index (Phi) is 5.58. The summed E-state index contributed by atoms with van der Waals surface area (Å²) in [5.74, 6) is -0.460. The summed E-state index contributed by atoms with van der Waals surface area (Å²) in [5.41, 5.74) is 3.46. The van der Waals surface area contributed by atoms with Crippen molar-refractivity contribution >= 4 is 40.4 Å². The van der Waals surface area contributed by atoms with Crippen LogP contribution in [-0.4, -0.2) is 23.8 Å². The standard InChI is InChI=1S/C20H18ClN3O2S/c1-11-7-8-13(18(25)22-3)10-16(11)24-19(26)17-12(2)23-20(27-17)14-5-4-6-15(21)9-14/h4-10H,1-3H3,(H,22,25)(H,24,26). The topological polar surface area (TPSA) is 71.1 Å². The number of aryl methyl sites for hydroxylation is 2. The van der Waals surface area contributed by atoms with Gasteiger partial charge in [-0.05, 0) is 43.7 Å². The third-order valence-corrected chi connectivity index (χ3v) is 5.49. The zero-order valence-corrected chi connectivity index (χ0v) is 16.7. The molecule has 0 aliphatic carbocycles. The van der Waals surface area contributed by atoms with Crippen molar-refractivity contribution in [1.29, 1.82) is 0 Å². The summed E-state index contributed by atoms with van der Waals surface area (Å²) in [4.78, 5) is 29.6. The average molecular weight is 400 g/mol. The van der Waals surface area contributed by atoms with Crippen molar-refractivity contribution < 1.29 is 9.59 Å². The summed E-state index contributed by atoms with van der Waals surface area (Å²) in [7, 11) is 1.57. The first-order valence-corrected chi connectivity index (χ1v) is 9.46. The maximum atomic E-state index is 12.8. The first-order chi connectivity index (χ1) is 12.9. The normalized spacial score (nSPS) is 10.5. The van der Waals surface area contributed by atoms with Crippen LogP contribution in [-0.2, 0) is 0 Å². The largest absolute Gasteiger partial charge is 0.355 e. The van der Waals surface area contributed by atoms with E-state index in [1.54, 1.807) is 38.2 Å². The van der Waals surface area contributed by atoms with E-state index >= 15 is 0 Å². The van der Waals surface area contributed by atoms with Crippen LogP contribution in [0.1, 0.15) is 31.3 Å². The lowest BCUT2D eigenvalue weighted by Crippen LogP contribution is -2.19. The van der Waals surface area contributed by atoms with Gasteiger partial charge in [0.2, 0.25) is 0 Å². The average Bonchev–Trinajstić information content (AvgIpc) is 3.04. The first kappa shape index (κ1) is 19.1. The number of thiazole rings is 1. The molecule has 0 aliphatic heterocycles. The highest BCUT2D eigenvalue weighted by Gasteiger charge is 2.18. The SMILES string of the molecule is CNC(=O)c1ccc(C)c(NC(=O)c2sc(-c3cccc(Cl)c3)nc2C)c1. The number of nitrogens with one attached hydrogen (secondary N) is 2. The molecule has 3 aromatic rings. The van der Waals surface area contributed by atoms with Crippen molar-refractivity contribution in [2.45, 2.75) is 13.8 Å². The number of amides is 2. The molecule has 3 rings (SSSR count). The molecule has 1 aromatic heterocycles. The van der Waals surface area contributed by atoms with E-state index < -0.39 is 0 Å². The quantitative estimate of drug-likeness (QED) is 0.668.